The summed E-state index contributed by atoms with van der Waals surface area (Å²) >= 11 is 12.3. The number of Topliss-reactive ketones (excluding diaryl/α,β-unsaturated/α-hetero) is 1. The number of ether oxygens (including phenoxy) is 1. The van der Waals surface area contributed by atoms with Crippen LogP contribution in [0.3, 0.4) is 0 Å². The Balaban J connectivity index is 2.18. The van der Waals surface area contributed by atoms with Crippen LogP contribution in [-0.4, -0.2) is 60.9 Å². The van der Waals surface area contributed by atoms with Crippen LogP contribution in [0.2, 0.25) is 10.0 Å². The number of nitrogens with zero attached hydrogens (tertiary/aromatic N) is 2. The lowest BCUT2D eigenvalue weighted by molar-refractivity contribution is -0.140. The minimum absolute atomic E-state index is 0.0201. The summed E-state index contributed by atoms with van der Waals surface area (Å²) in [5.41, 5.74) is 1.83. The molecule has 31 heavy (non-hydrogen) atoms. The number of amides is 1. The highest BCUT2D eigenvalue weighted by Crippen LogP contribution is 2.41. The van der Waals surface area contributed by atoms with Gasteiger partial charge in [0.05, 0.1) is 28.8 Å². The second-order valence-electron chi connectivity index (χ2n) is 7.65. The van der Waals surface area contributed by atoms with Crippen LogP contribution >= 0.6 is 23.2 Å². The zero-order chi connectivity index (χ0) is 22.9. The van der Waals surface area contributed by atoms with E-state index in [1.807, 2.05) is 25.9 Å². The molecule has 6 nitrogen and oxygen atoms in total. The molecule has 8 heteroatoms. The summed E-state index contributed by atoms with van der Waals surface area (Å²) in [5.74, 6) is -0.984. The van der Waals surface area contributed by atoms with Crippen molar-refractivity contribution in [3.05, 3.63) is 68.7 Å². The number of hydrogen-bond acceptors (Lipinski definition) is 5. The van der Waals surface area contributed by atoms with E-state index in [1.165, 1.54) is 4.90 Å². The molecule has 1 amide bonds. The lowest BCUT2D eigenvalue weighted by atomic mass is 9.94. The smallest absolute Gasteiger partial charge is 0.295 e. The number of benzene rings is 2. The fourth-order valence-electron chi connectivity index (χ4n) is 3.63. The predicted octanol–water partition coefficient (Wildman–Crippen LogP) is 4.29. The maximum atomic E-state index is 13.0. The number of aliphatic hydroxyl groups is 1. The van der Waals surface area contributed by atoms with Crippen LogP contribution in [0.1, 0.15) is 22.7 Å². The zero-order valence-electron chi connectivity index (χ0n) is 17.8. The molecule has 1 heterocycles. The van der Waals surface area contributed by atoms with Gasteiger partial charge in [0.25, 0.3) is 11.7 Å². The summed E-state index contributed by atoms with van der Waals surface area (Å²) in [6, 6.07) is 9.24. The Morgan fingerprint density at radius 3 is 2.42 bits per heavy atom. The third-order valence-corrected chi connectivity index (χ3v) is 5.99. The van der Waals surface area contributed by atoms with Crippen molar-refractivity contribution in [3.63, 3.8) is 0 Å². The number of likely N-dealkylation sites (tertiary alicyclic amines) is 1. The fourth-order valence-corrected chi connectivity index (χ4v) is 3.94. The minimum Gasteiger partial charge on any atom is -0.507 e. The molecule has 1 fully saturated rings. The molecule has 0 bridgehead atoms. The molecule has 0 saturated carbocycles. The quantitative estimate of drug-likeness (QED) is 0.393. The third-order valence-electron chi connectivity index (χ3n) is 5.26. The van der Waals surface area contributed by atoms with Gasteiger partial charge >= 0.3 is 0 Å². The first-order valence-corrected chi connectivity index (χ1v) is 10.4. The van der Waals surface area contributed by atoms with Gasteiger partial charge in [0, 0.05) is 18.7 Å². The third kappa shape index (κ3) is 4.56. The normalized spacial score (nSPS) is 18.2. The molecule has 0 unspecified atom stereocenters. The van der Waals surface area contributed by atoms with Gasteiger partial charge in [-0.05, 0) is 62.5 Å². The van der Waals surface area contributed by atoms with E-state index >= 15 is 0 Å². The highest BCUT2D eigenvalue weighted by atomic mass is 35.5. The van der Waals surface area contributed by atoms with Gasteiger partial charge in [-0.25, -0.2) is 0 Å². The monoisotopic (exact) mass is 462 g/mol. The van der Waals surface area contributed by atoms with Crippen molar-refractivity contribution in [2.75, 3.05) is 34.3 Å². The van der Waals surface area contributed by atoms with Crippen molar-refractivity contribution in [3.8, 4) is 5.75 Å². The Labute approximate surface area is 191 Å². The van der Waals surface area contributed by atoms with Gasteiger partial charge in [0.1, 0.15) is 11.5 Å². The molecule has 1 N–H and O–H groups in total. The maximum Gasteiger partial charge on any atom is 0.295 e. The summed E-state index contributed by atoms with van der Waals surface area (Å²) in [6.45, 7) is 2.69. The lowest BCUT2D eigenvalue weighted by Crippen LogP contribution is -2.35. The topological polar surface area (TPSA) is 70.1 Å². The van der Waals surface area contributed by atoms with Gasteiger partial charge in [-0.1, -0.05) is 29.3 Å². The van der Waals surface area contributed by atoms with E-state index in [1.54, 1.807) is 43.5 Å². The van der Waals surface area contributed by atoms with E-state index in [0.717, 1.165) is 5.56 Å². The molecular formula is C23H24Cl2N2O4. The molecule has 1 aliphatic rings. The largest absolute Gasteiger partial charge is 0.507 e. The van der Waals surface area contributed by atoms with Crippen molar-refractivity contribution in [1.29, 1.82) is 0 Å². The highest BCUT2D eigenvalue weighted by Gasteiger charge is 2.46. The molecule has 3 rings (SSSR count). The number of carbonyl (C=O) groups excluding carboxylic acids is 2. The molecule has 2 aromatic carbocycles. The Morgan fingerprint density at radius 2 is 1.84 bits per heavy atom. The Bertz CT molecular complexity index is 1070. The van der Waals surface area contributed by atoms with Gasteiger partial charge in [0.15, 0.2) is 0 Å². The van der Waals surface area contributed by atoms with Crippen molar-refractivity contribution in [2.24, 2.45) is 0 Å². The molecule has 164 valence electrons. The summed E-state index contributed by atoms with van der Waals surface area (Å²) < 4.78 is 5.27. The average Bonchev–Trinajstić information content (AvgIpc) is 2.98. The Kier molecular flexibility index (Phi) is 6.94. The van der Waals surface area contributed by atoms with E-state index in [2.05, 4.69) is 0 Å². The van der Waals surface area contributed by atoms with Crippen molar-refractivity contribution < 1.29 is 19.4 Å². The van der Waals surface area contributed by atoms with Crippen LogP contribution in [0, 0.1) is 6.92 Å². The molecular weight excluding hydrogens is 439 g/mol. The van der Waals surface area contributed by atoms with E-state index < -0.39 is 17.7 Å². The van der Waals surface area contributed by atoms with Crippen LogP contribution in [0.25, 0.3) is 5.76 Å². The van der Waals surface area contributed by atoms with Gasteiger partial charge in [0.2, 0.25) is 0 Å². The first kappa shape index (κ1) is 23.1. The number of likely N-dealkylation sites (N-methyl/N-ethyl adjacent to an activating group) is 1. The number of aliphatic hydroxyl groups excluding tert-OH is 1. The van der Waals surface area contributed by atoms with Crippen LogP contribution in [-0.2, 0) is 9.59 Å². The SMILES string of the molecule is COc1ccc(/C(O)=C2\C(=O)C(=O)N(CCN(C)C)[C@H]2c2ccc(Cl)c(Cl)c2)cc1C. The molecule has 0 radical (unpaired) electrons. The Hall–Kier alpha value is -2.54. The first-order valence-electron chi connectivity index (χ1n) is 9.68. The molecule has 1 atom stereocenters. The first-order chi connectivity index (χ1) is 14.6. The number of carbonyl (C=O) groups is 2. The number of hydrogen-bond donors (Lipinski definition) is 1. The van der Waals surface area contributed by atoms with Gasteiger partial charge in [-0.15, -0.1) is 0 Å². The fraction of sp³-hybridized carbons (Fsp3) is 0.304. The van der Waals surface area contributed by atoms with E-state index in [0.29, 0.717) is 40.0 Å². The van der Waals surface area contributed by atoms with Gasteiger partial charge in [-0.2, -0.15) is 0 Å². The summed E-state index contributed by atoms with van der Waals surface area (Å²) in [5, 5.41) is 11.8. The van der Waals surface area contributed by atoms with E-state index in [4.69, 9.17) is 27.9 Å². The molecule has 1 saturated heterocycles. The summed E-state index contributed by atoms with van der Waals surface area (Å²) in [4.78, 5) is 29.3. The molecule has 0 aromatic heterocycles. The second-order valence-corrected chi connectivity index (χ2v) is 8.47. The zero-order valence-corrected chi connectivity index (χ0v) is 19.3. The van der Waals surface area contributed by atoms with E-state index in [-0.39, 0.29) is 11.3 Å². The number of ketones is 1. The molecule has 1 aliphatic heterocycles. The average molecular weight is 463 g/mol. The van der Waals surface area contributed by atoms with Crippen LogP contribution < -0.4 is 4.74 Å². The van der Waals surface area contributed by atoms with Gasteiger partial charge in [-0.3, -0.25) is 9.59 Å². The maximum absolute atomic E-state index is 13.0. The van der Waals surface area contributed by atoms with Crippen molar-refractivity contribution in [1.82, 2.24) is 9.80 Å². The Morgan fingerprint density at radius 1 is 1.13 bits per heavy atom. The number of halogens is 2. The van der Waals surface area contributed by atoms with E-state index in [9.17, 15) is 14.7 Å². The summed E-state index contributed by atoms with van der Waals surface area (Å²) in [7, 11) is 5.32. The molecule has 0 spiro atoms. The van der Waals surface area contributed by atoms with Crippen LogP contribution in [0.5, 0.6) is 5.75 Å². The number of methoxy groups -OCH3 is 1. The number of aryl methyl sites for hydroxylation is 1. The molecule has 2 aromatic rings. The lowest BCUT2D eigenvalue weighted by Gasteiger charge is -2.26. The predicted molar refractivity (Wildman–Crippen MR) is 122 cm³/mol. The molecule has 0 aliphatic carbocycles. The number of rotatable bonds is 6. The summed E-state index contributed by atoms with van der Waals surface area (Å²) in [6.07, 6.45) is 0. The second kappa shape index (κ2) is 9.30. The van der Waals surface area contributed by atoms with Crippen LogP contribution in [0.4, 0.5) is 0 Å². The highest BCUT2D eigenvalue weighted by molar-refractivity contribution is 6.46. The van der Waals surface area contributed by atoms with Crippen molar-refractivity contribution in [2.45, 2.75) is 13.0 Å². The standard InChI is InChI=1S/C23H24Cl2N2O4/c1-13-11-15(6-8-18(13)31-4)21(28)19-20(14-5-7-16(24)17(25)12-14)27(10-9-26(2)3)23(30)22(19)29/h5-8,11-12,20,28H,9-10H2,1-4H3/b21-19+/t20-/m0/s1. The van der Waals surface area contributed by atoms with Crippen molar-refractivity contribution >= 4 is 40.7 Å². The minimum atomic E-state index is -0.780. The van der Waals surface area contributed by atoms with Crippen LogP contribution in [0.15, 0.2) is 42.0 Å². The van der Waals surface area contributed by atoms with Gasteiger partial charge < -0.3 is 19.6 Å².